The first-order chi connectivity index (χ1) is 9.93. The van der Waals surface area contributed by atoms with Gasteiger partial charge < -0.3 is 15.4 Å². The van der Waals surface area contributed by atoms with Crippen LogP contribution >= 0.6 is 0 Å². The van der Waals surface area contributed by atoms with E-state index in [0.29, 0.717) is 12.5 Å². The first-order valence-electron chi connectivity index (χ1n) is 7.81. The van der Waals surface area contributed by atoms with E-state index in [9.17, 15) is 4.79 Å². The highest BCUT2D eigenvalue weighted by Crippen LogP contribution is 2.36. The molecule has 2 rings (SSSR count). The number of ether oxygens (including phenoxy) is 1. The number of hydrogen-bond donors (Lipinski definition) is 1. The molecule has 0 bridgehead atoms. The van der Waals surface area contributed by atoms with Gasteiger partial charge in [0.1, 0.15) is 5.75 Å². The number of benzene rings is 1. The van der Waals surface area contributed by atoms with Gasteiger partial charge in [-0.05, 0) is 43.4 Å². The minimum absolute atomic E-state index is 0.00627. The van der Waals surface area contributed by atoms with Crippen LogP contribution < -0.4 is 15.4 Å². The van der Waals surface area contributed by atoms with Gasteiger partial charge in [-0.1, -0.05) is 26.8 Å². The number of hydrogen-bond acceptors (Lipinski definition) is 3. The molecule has 0 aromatic heterocycles. The van der Waals surface area contributed by atoms with E-state index in [4.69, 9.17) is 10.5 Å². The molecular formula is C17H26N2O2. The van der Waals surface area contributed by atoms with Crippen LogP contribution in [-0.2, 0) is 4.79 Å². The van der Waals surface area contributed by atoms with Gasteiger partial charge in [0, 0.05) is 12.6 Å². The van der Waals surface area contributed by atoms with Crippen LogP contribution in [0, 0.1) is 5.92 Å². The second-order valence-corrected chi connectivity index (χ2v) is 6.21. The van der Waals surface area contributed by atoms with Crippen molar-refractivity contribution < 1.29 is 9.53 Å². The lowest BCUT2D eigenvalue weighted by molar-refractivity contribution is -0.125. The lowest BCUT2D eigenvalue weighted by Gasteiger charge is -2.33. The van der Waals surface area contributed by atoms with Crippen molar-refractivity contribution in [2.45, 2.75) is 52.7 Å². The van der Waals surface area contributed by atoms with Gasteiger partial charge in [-0.2, -0.15) is 0 Å². The Morgan fingerprint density at radius 2 is 2.10 bits per heavy atom. The second kappa shape index (κ2) is 6.48. The number of rotatable bonds is 5. The number of amides is 1. The molecule has 2 N–H and O–H groups in total. The average Bonchev–Trinajstić information content (AvgIpc) is 2.42. The van der Waals surface area contributed by atoms with Crippen LogP contribution in [0.15, 0.2) is 18.2 Å². The fourth-order valence-corrected chi connectivity index (χ4v) is 2.75. The van der Waals surface area contributed by atoms with Crippen molar-refractivity contribution in [3.63, 3.8) is 0 Å². The fraction of sp³-hybridized carbons (Fsp3) is 0.588. The van der Waals surface area contributed by atoms with E-state index >= 15 is 0 Å². The van der Waals surface area contributed by atoms with E-state index in [1.807, 2.05) is 23.1 Å². The first kappa shape index (κ1) is 15.8. The summed E-state index contributed by atoms with van der Waals surface area (Å²) in [5, 5.41) is 0. The molecule has 2 atom stereocenters. The first-order valence-corrected chi connectivity index (χ1v) is 7.81. The molecule has 2 unspecified atom stereocenters. The van der Waals surface area contributed by atoms with Gasteiger partial charge >= 0.3 is 0 Å². The van der Waals surface area contributed by atoms with Gasteiger partial charge in [0.2, 0.25) is 0 Å². The maximum atomic E-state index is 12.3. The summed E-state index contributed by atoms with van der Waals surface area (Å²) in [6.07, 6.45) is 1.43. The fourth-order valence-electron chi connectivity index (χ4n) is 2.75. The molecule has 0 aliphatic carbocycles. The summed E-state index contributed by atoms with van der Waals surface area (Å²) < 4.78 is 5.70. The Labute approximate surface area is 127 Å². The summed E-state index contributed by atoms with van der Waals surface area (Å²) in [5.41, 5.74) is 8.19. The van der Waals surface area contributed by atoms with Crippen LogP contribution in [0.3, 0.4) is 0 Å². The highest BCUT2D eigenvalue weighted by Gasteiger charge is 2.31. The van der Waals surface area contributed by atoms with Gasteiger partial charge in [0.25, 0.3) is 5.91 Å². The molecule has 4 heteroatoms. The Kier molecular flexibility index (Phi) is 4.88. The van der Waals surface area contributed by atoms with Gasteiger partial charge in [0.15, 0.2) is 6.10 Å². The third-order valence-corrected chi connectivity index (χ3v) is 3.79. The van der Waals surface area contributed by atoms with E-state index in [-0.39, 0.29) is 11.9 Å². The Morgan fingerprint density at radius 1 is 1.38 bits per heavy atom. The molecule has 116 valence electrons. The third-order valence-electron chi connectivity index (χ3n) is 3.79. The van der Waals surface area contributed by atoms with Crippen molar-refractivity contribution in [2.75, 3.05) is 11.4 Å². The highest BCUT2D eigenvalue weighted by molar-refractivity contribution is 5.99. The minimum atomic E-state index is -0.417. The minimum Gasteiger partial charge on any atom is -0.479 e. The SMILES string of the molecule is CCCN1C(=O)C(C)Oc2ccc(C(N)CC(C)C)cc21. The number of nitrogens with two attached hydrogens (primary N) is 1. The summed E-state index contributed by atoms with van der Waals surface area (Å²) in [6, 6.07) is 5.96. The largest absolute Gasteiger partial charge is 0.479 e. The summed E-state index contributed by atoms with van der Waals surface area (Å²) in [4.78, 5) is 14.1. The molecular weight excluding hydrogens is 264 g/mol. The quantitative estimate of drug-likeness (QED) is 0.905. The van der Waals surface area contributed by atoms with Crippen LogP contribution in [0.2, 0.25) is 0 Å². The molecule has 1 heterocycles. The van der Waals surface area contributed by atoms with Gasteiger partial charge in [-0.25, -0.2) is 0 Å². The maximum Gasteiger partial charge on any atom is 0.267 e. The second-order valence-electron chi connectivity index (χ2n) is 6.21. The summed E-state index contributed by atoms with van der Waals surface area (Å²) in [5.74, 6) is 1.34. The van der Waals surface area contributed by atoms with E-state index in [0.717, 1.165) is 29.8 Å². The zero-order chi connectivity index (χ0) is 15.6. The van der Waals surface area contributed by atoms with Crippen LogP contribution in [0.1, 0.15) is 52.1 Å². The van der Waals surface area contributed by atoms with E-state index < -0.39 is 6.10 Å². The van der Waals surface area contributed by atoms with Crippen molar-refractivity contribution in [2.24, 2.45) is 11.7 Å². The van der Waals surface area contributed by atoms with E-state index in [1.54, 1.807) is 6.92 Å². The normalized spacial score (nSPS) is 19.4. The molecule has 4 nitrogen and oxygen atoms in total. The molecule has 0 saturated carbocycles. The van der Waals surface area contributed by atoms with E-state index in [2.05, 4.69) is 20.8 Å². The van der Waals surface area contributed by atoms with Gasteiger partial charge in [0.05, 0.1) is 5.69 Å². The molecule has 1 aliphatic heterocycles. The predicted molar refractivity (Wildman–Crippen MR) is 85.6 cm³/mol. The summed E-state index contributed by atoms with van der Waals surface area (Å²) in [7, 11) is 0. The van der Waals surface area contributed by atoms with Crippen molar-refractivity contribution in [3.8, 4) is 5.75 Å². The standard InChI is InChI=1S/C17H26N2O2/c1-5-8-19-15-10-13(14(18)9-11(2)3)6-7-16(15)21-12(4)17(19)20/h6-7,10-12,14H,5,8-9,18H2,1-4H3. The molecule has 21 heavy (non-hydrogen) atoms. The monoisotopic (exact) mass is 290 g/mol. The maximum absolute atomic E-state index is 12.3. The number of carbonyl (C=O) groups excluding carboxylic acids is 1. The van der Waals surface area contributed by atoms with E-state index in [1.165, 1.54) is 0 Å². The van der Waals surface area contributed by atoms with Crippen LogP contribution in [0.4, 0.5) is 5.69 Å². The van der Waals surface area contributed by atoms with Crippen molar-refractivity contribution in [1.29, 1.82) is 0 Å². The molecule has 1 aromatic carbocycles. The lowest BCUT2D eigenvalue weighted by atomic mass is 9.96. The Morgan fingerprint density at radius 3 is 2.71 bits per heavy atom. The third kappa shape index (κ3) is 3.38. The van der Waals surface area contributed by atoms with Crippen LogP contribution in [0.25, 0.3) is 0 Å². The number of fused-ring (bicyclic) bond motifs is 1. The molecule has 0 saturated heterocycles. The Hall–Kier alpha value is -1.55. The molecule has 0 fully saturated rings. The highest BCUT2D eigenvalue weighted by atomic mass is 16.5. The molecule has 0 spiro atoms. The smallest absolute Gasteiger partial charge is 0.267 e. The Balaban J connectivity index is 2.34. The zero-order valence-corrected chi connectivity index (χ0v) is 13.4. The summed E-state index contributed by atoms with van der Waals surface area (Å²) in [6.45, 7) is 8.90. The topological polar surface area (TPSA) is 55.6 Å². The predicted octanol–water partition coefficient (Wildman–Crippen LogP) is 3.26. The molecule has 1 aromatic rings. The molecule has 0 radical (unpaired) electrons. The van der Waals surface area contributed by atoms with Gasteiger partial charge in [-0.15, -0.1) is 0 Å². The van der Waals surface area contributed by atoms with Gasteiger partial charge in [-0.3, -0.25) is 4.79 Å². The molecule has 1 aliphatic rings. The number of carbonyl (C=O) groups is 1. The van der Waals surface area contributed by atoms with Crippen LogP contribution in [-0.4, -0.2) is 18.6 Å². The molecule has 1 amide bonds. The summed E-state index contributed by atoms with van der Waals surface area (Å²) >= 11 is 0. The Bertz CT molecular complexity index is 514. The van der Waals surface area contributed by atoms with Crippen molar-refractivity contribution in [3.05, 3.63) is 23.8 Å². The average molecular weight is 290 g/mol. The zero-order valence-electron chi connectivity index (χ0n) is 13.4. The lowest BCUT2D eigenvalue weighted by Crippen LogP contribution is -2.44. The number of anilines is 1. The van der Waals surface area contributed by atoms with Crippen molar-refractivity contribution in [1.82, 2.24) is 0 Å². The van der Waals surface area contributed by atoms with Crippen molar-refractivity contribution >= 4 is 11.6 Å². The number of nitrogens with zero attached hydrogens (tertiary/aromatic N) is 1. The van der Waals surface area contributed by atoms with Crippen LogP contribution in [0.5, 0.6) is 5.75 Å².